The lowest BCUT2D eigenvalue weighted by atomic mass is 9.70. The van der Waals surface area contributed by atoms with E-state index in [0.29, 0.717) is 0 Å². The summed E-state index contributed by atoms with van der Waals surface area (Å²) in [5, 5.41) is 14.3. The van der Waals surface area contributed by atoms with Gasteiger partial charge >= 0.3 is 0 Å². The summed E-state index contributed by atoms with van der Waals surface area (Å²) in [5.74, 6) is 0. The largest absolute Gasteiger partial charge is 0.456 e. The Bertz CT molecular complexity index is 5140. The van der Waals surface area contributed by atoms with Gasteiger partial charge in [0.05, 0.1) is 11.4 Å². The van der Waals surface area contributed by atoms with Gasteiger partial charge in [-0.2, -0.15) is 0 Å². The lowest BCUT2D eigenvalue weighted by Crippen LogP contribution is -2.25. The number of rotatable bonds is 6. The predicted molar refractivity (Wildman–Crippen MR) is 322 cm³/mol. The second-order valence-corrected chi connectivity index (χ2v) is 23.3. The third kappa shape index (κ3) is 6.01. The minimum absolute atomic E-state index is 0.149. The summed E-state index contributed by atoms with van der Waals surface area (Å²) in [6.45, 7) is 4.86. The monoisotopic (exact) mass is 1010 g/mol. The van der Waals surface area contributed by atoms with Crippen molar-refractivity contribution in [3.05, 3.63) is 217 Å². The lowest BCUT2D eigenvalue weighted by molar-refractivity contribution is 0.478. The number of hydrogen-bond acceptors (Lipinski definition) is 7. The van der Waals surface area contributed by atoms with Gasteiger partial charge in [0.1, 0.15) is 33.5 Å². The van der Waals surface area contributed by atoms with E-state index in [1.807, 2.05) is 40.9 Å². The molecule has 5 aromatic heterocycles. The van der Waals surface area contributed by atoms with Crippen LogP contribution in [0.1, 0.15) is 31.4 Å². The Morgan fingerprint density at radius 2 is 0.829 bits per heavy atom. The van der Waals surface area contributed by atoms with Crippen LogP contribution in [0.25, 0.3) is 117 Å². The highest BCUT2D eigenvalue weighted by molar-refractivity contribution is 7.26. The van der Waals surface area contributed by atoms with Crippen LogP contribution in [0.15, 0.2) is 220 Å². The zero-order valence-electron chi connectivity index (χ0n) is 41.5. The molecular weight excluding hydrogens is 969 g/mol. The molecule has 76 heavy (non-hydrogen) atoms. The van der Waals surface area contributed by atoms with E-state index in [-0.39, 0.29) is 5.41 Å². The summed E-state index contributed by atoms with van der Waals surface area (Å²) in [5.41, 5.74) is 14.4. The van der Waals surface area contributed by atoms with E-state index < -0.39 is 0 Å². The summed E-state index contributed by atoms with van der Waals surface area (Å²) < 4.78 is 25.4. The molecule has 0 atom stereocenters. The van der Waals surface area contributed by atoms with Crippen LogP contribution in [-0.4, -0.2) is 0 Å². The molecule has 11 aromatic carbocycles. The van der Waals surface area contributed by atoms with Crippen LogP contribution in [0.3, 0.4) is 0 Å². The fraction of sp³-hybridized carbons (Fsp3) is 0.0725. The van der Waals surface area contributed by atoms with Crippen molar-refractivity contribution in [1.29, 1.82) is 0 Å². The molecule has 5 heterocycles. The van der Waals surface area contributed by atoms with Crippen molar-refractivity contribution in [2.45, 2.75) is 32.1 Å². The number of para-hydroxylation sites is 2. The van der Waals surface area contributed by atoms with E-state index in [1.54, 1.807) is 0 Å². The van der Waals surface area contributed by atoms with Crippen molar-refractivity contribution < 1.29 is 13.3 Å². The molecule has 0 spiro atoms. The summed E-state index contributed by atoms with van der Waals surface area (Å²) in [6.07, 6.45) is 1.91. The smallest absolute Gasteiger partial charge is 0.137 e. The minimum atomic E-state index is -0.149. The van der Waals surface area contributed by atoms with Crippen LogP contribution >= 0.6 is 22.7 Å². The lowest BCUT2D eigenvalue weighted by Gasteiger charge is -2.36. The van der Waals surface area contributed by atoms with Crippen LogP contribution < -0.4 is 9.80 Å². The fourth-order valence-corrected chi connectivity index (χ4v) is 15.3. The zero-order valence-corrected chi connectivity index (χ0v) is 43.1. The van der Waals surface area contributed by atoms with Crippen LogP contribution in [0.2, 0.25) is 0 Å². The van der Waals surface area contributed by atoms with Crippen molar-refractivity contribution in [3.8, 4) is 0 Å². The predicted octanol–water partition coefficient (Wildman–Crippen LogP) is 21.4. The van der Waals surface area contributed by atoms with Gasteiger partial charge in [-0.3, -0.25) is 0 Å². The van der Waals surface area contributed by atoms with Gasteiger partial charge in [0.15, 0.2) is 0 Å². The van der Waals surface area contributed by atoms with Crippen LogP contribution in [-0.2, 0) is 11.8 Å². The molecule has 0 bridgehead atoms. The number of anilines is 6. The van der Waals surface area contributed by atoms with Crippen molar-refractivity contribution in [3.63, 3.8) is 0 Å². The normalized spacial score (nSPS) is 13.7. The first-order valence-corrected chi connectivity index (χ1v) is 27.7. The number of aryl methyl sites for hydroxylation is 1. The number of benzene rings is 11. The molecule has 0 amide bonds. The van der Waals surface area contributed by atoms with Gasteiger partial charge in [-0.15, -0.1) is 22.7 Å². The highest BCUT2D eigenvalue weighted by atomic mass is 32.1. The number of thiophene rings is 2. The fourth-order valence-electron chi connectivity index (χ4n) is 13.1. The SMILES string of the molecule is CC1(C)CCc2c(N(c3ccc4c(c3)oc3ccccc34)c3cccc4sc5ccccc5c34)ccc3cc4oc5cc(N(c6ccc7c(c6)oc6ccccc67)c6cccc7sc8ccccc8c67)ccc5c4c1c23. The van der Waals surface area contributed by atoms with E-state index in [9.17, 15) is 0 Å². The molecule has 0 saturated heterocycles. The average molecular weight is 1010 g/mol. The van der Waals surface area contributed by atoms with Gasteiger partial charge in [0, 0.05) is 114 Å². The maximum Gasteiger partial charge on any atom is 0.137 e. The molecule has 17 rings (SSSR count). The number of nitrogens with zero attached hydrogens (tertiary/aromatic N) is 2. The molecule has 16 aromatic rings. The highest BCUT2D eigenvalue weighted by Gasteiger charge is 2.35. The van der Waals surface area contributed by atoms with E-state index in [4.69, 9.17) is 13.3 Å². The van der Waals surface area contributed by atoms with Crippen molar-refractivity contribution in [1.82, 2.24) is 0 Å². The van der Waals surface area contributed by atoms with E-state index >= 15 is 0 Å². The Labute approximate surface area is 443 Å². The maximum atomic E-state index is 7.18. The third-order valence-corrected chi connectivity index (χ3v) is 18.7. The Kier molecular flexibility index (Phi) is 8.71. The topological polar surface area (TPSA) is 45.9 Å². The molecular formula is C69H44N2O3S2. The van der Waals surface area contributed by atoms with E-state index in [1.165, 1.54) is 73.3 Å². The number of furan rings is 3. The van der Waals surface area contributed by atoms with E-state index in [2.05, 4.69) is 212 Å². The Balaban J connectivity index is 0.896. The molecule has 0 unspecified atom stereocenters. The molecule has 360 valence electrons. The van der Waals surface area contributed by atoms with Gasteiger partial charge in [0.2, 0.25) is 0 Å². The Morgan fingerprint density at radius 3 is 1.43 bits per heavy atom. The van der Waals surface area contributed by atoms with Gasteiger partial charge in [-0.05, 0) is 137 Å². The first-order valence-electron chi connectivity index (χ1n) is 26.1. The molecule has 0 N–H and O–H groups in total. The summed E-state index contributed by atoms with van der Waals surface area (Å²) in [4.78, 5) is 4.91. The van der Waals surface area contributed by atoms with Crippen LogP contribution in [0, 0.1) is 0 Å². The van der Waals surface area contributed by atoms with Gasteiger partial charge in [-0.25, -0.2) is 0 Å². The standard InChI is InChI=1S/C69H44N2O3S2/c1-69(2)34-33-47-51(71(42-27-30-46-44-14-4-8-20-55(44)73-57(46)38-42)53-18-12-24-63-66(53)50-16-6-10-22-61(50)76-63)32-25-39-35-59-67(68(69)64(39)47)48-31-28-41(37-58(48)74-59)70(40-26-29-45-43-13-3-7-19-54(43)72-56(45)36-40)52-17-11-23-62-65(52)49-15-5-9-21-60(49)75-62/h3-32,35-38H,33-34H2,1-2H3. The summed E-state index contributed by atoms with van der Waals surface area (Å²) in [7, 11) is 0. The van der Waals surface area contributed by atoms with Crippen LogP contribution in [0.5, 0.6) is 0 Å². The molecule has 1 aliphatic carbocycles. The zero-order chi connectivity index (χ0) is 50.0. The molecule has 0 saturated carbocycles. The molecule has 0 aliphatic heterocycles. The minimum Gasteiger partial charge on any atom is -0.456 e. The first kappa shape index (κ1) is 42.5. The molecule has 5 nitrogen and oxygen atoms in total. The van der Waals surface area contributed by atoms with Gasteiger partial charge in [0.25, 0.3) is 0 Å². The summed E-state index contributed by atoms with van der Waals surface area (Å²) in [6, 6.07) is 75.0. The highest BCUT2D eigenvalue weighted by Crippen LogP contribution is 2.54. The Hall–Kier alpha value is -8.88. The molecule has 7 heteroatoms. The maximum absolute atomic E-state index is 7.18. The second kappa shape index (κ2) is 15.6. The average Bonchev–Trinajstić information content (AvgIpc) is 4.39. The van der Waals surface area contributed by atoms with Crippen molar-refractivity contribution in [2.24, 2.45) is 0 Å². The van der Waals surface area contributed by atoms with Crippen LogP contribution in [0.4, 0.5) is 34.1 Å². The number of fused-ring (bicyclic) bond motifs is 16. The quantitative estimate of drug-likeness (QED) is 0.166. The molecule has 0 fully saturated rings. The van der Waals surface area contributed by atoms with Gasteiger partial charge < -0.3 is 23.1 Å². The second-order valence-electron chi connectivity index (χ2n) is 21.2. The first-order chi connectivity index (χ1) is 37.4. The third-order valence-electron chi connectivity index (χ3n) is 16.5. The molecule has 1 aliphatic rings. The van der Waals surface area contributed by atoms with Crippen molar-refractivity contribution >= 4 is 174 Å². The molecule has 0 radical (unpaired) electrons. The van der Waals surface area contributed by atoms with Gasteiger partial charge in [-0.1, -0.05) is 105 Å². The van der Waals surface area contributed by atoms with E-state index in [0.717, 1.165) is 102 Å². The number of hydrogen-bond donors (Lipinski definition) is 0. The summed E-state index contributed by atoms with van der Waals surface area (Å²) >= 11 is 3.70. The van der Waals surface area contributed by atoms with Crippen molar-refractivity contribution in [2.75, 3.05) is 9.80 Å². The Morgan fingerprint density at radius 1 is 0.355 bits per heavy atom.